The first-order valence-corrected chi connectivity index (χ1v) is 22.4. The maximum atomic E-state index is 6.47. The summed E-state index contributed by atoms with van der Waals surface area (Å²) in [6.07, 6.45) is 3.23. The summed E-state index contributed by atoms with van der Waals surface area (Å²) in [4.78, 5) is 4.75. The van der Waals surface area contributed by atoms with Crippen LogP contribution in [-0.4, -0.2) is 59.6 Å². The average molecular weight is 841 g/mol. The molecule has 6 aliphatic rings. The van der Waals surface area contributed by atoms with E-state index in [0.29, 0.717) is 52.9 Å². The largest absolute Gasteiger partial charge is 0.490 e. The minimum atomic E-state index is -0.222. The normalized spacial score (nSPS) is 17.0. The molecular weight excluding hydrogens is 791 g/mol. The summed E-state index contributed by atoms with van der Waals surface area (Å²) >= 11 is 0. The summed E-state index contributed by atoms with van der Waals surface area (Å²) in [6.45, 7) is 11.2. The minimum absolute atomic E-state index is 0.0104. The molecule has 10 nitrogen and oxygen atoms in total. The molecule has 318 valence electrons. The van der Waals surface area contributed by atoms with Crippen LogP contribution >= 0.6 is 0 Å². The second kappa shape index (κ2) is 15.0. The van der Waals surface area contributed by atoms with Gasteiger partial charge in [0.25, 0.3) is 6.71 Å². The number of hydrogen-bond acceptors (Lipinski definition) is 10. The van der Waals surface area contributed by atoms with Crippen LogP contribution in [0, 0.1) is 0 Å². The highest BCUT2D eigenvalue weighted by Crippen LogP contribution is 2.51. The highest BCUT2D eigenvalue weighted by atomic mass is 16.5. The molecule has 0 unspecified atom stereocenters. The Morgan fingerprint density at radius 2 is 0.762 bits per heavy atom. The van der Waals surface area contributed by atoms with Crippen molar-refractivity contribution in [1.29, 1.82) is 0 Å². The van der Waals surface area contributed by atoms with Crippen LogP contribution in [0.1, 0.15) is 52.0 Å². The van der Waals surface area contributed by atoms with Crippen LogP contribution in [0.2, 0.25) is 0 Å². The van der Waals surface area contributed by atoms with Gasteiger partial charge in [0.15, 0.2) is 46.0 Å². The third-order valence-corrected chi connectivity index (χ3v) is 12.9. The van der Waals surface area contributed by atoms with Gasteiger partial charge in [-0.2, -0.15) is 0 Å². The molecule has 0 N–H and O–H groups in total. The van der Waals surface area contributed by atoms with Crippen LogP contribution in [0.3, 0.4) is 0 Å². The lowest BCUT2D eigenvalue weighted by atomic mass is 9.33. The van der Waals surface area contributed by atoms with Crippen molar-refractivity contribution < 1.29 is 37.9 Å². The molecule has 0 aliphatic carbocycles. The van der Waals surface area contributed by atoms with Crippen LogP contribution in [-0.2, 0) is 5.41 Å². The standard InChI is InChI=1S/C52H49BN2O8/c1-52(2,3)34-10-8-32(9-11-34)33-24-41-51-42(25-33)55(36-13-15-44-46(27-36)59-19-5-17-57-44)40-31-50-48(61-21-7-23-63-50)29-38(40)53(51)37-28-47-49(62-22-6-20-60-47)30-39(37)54(41)35-12-14-43-45(26-35)58-18-4-16-56-43/h8-15,24-31H,4-7,16-23H2,1-3H3. The van der Waals surface area contributed by atoms with Gasteiger partial charge in [-0.05, 0) is 87.0 Å². The molecule has 6 aliphatic heterocycles. The molecule has 0 spiro atoms. The van der Waals surface area contributed by atoms with Crippen molar-refractivity contribution in [3.63, 3.8) is 0 Å². The topological polar surface area (TPSA) is 80.3 Å². The molecule has 12 rings (SSSR count). The SMILES string of the molecule is CC(C)(C)c1ccc(-c2cc3c4c(c2)N(c2ccc5c(c2)OCCCO5)c2cc5c(cc2B4c2cc4c(cc2N3c2ccc3c(c2)OCCCO3)OCCCO4)OCCCO5)cc1. The Bertz CT molecular complexity index is 2630. The molecular formula is C52H49BN2O8. The lowest BCUT2D eigenvalue weighted by molar-refractivity contribution is 0.296. The van der Waals surface area contributed by atoms with E-state index in [9.17, 15) is 0 Å². The Kier molecular flexibility index (Phi) is 9.09. The molecule has 0 saturated heterocycles. The van der Waals surface area contributed by atoms with Gasteiger partial charge in [-0.3, -0.25) is 0 Å². The molecule has 6 heterocycles. The van der Waals surface area contributed by atoms with E-state index in [1.165, 1.54) is 5.56 Å². The second-order valence-electron chi connectivity index (χ2n) is 18.0. The highest BCUT2D eigenvalue weighted by Gasteiger charge is 2.45. The summed E-state index contributed by atoms with van der Waals surface area (Å²) in [5.74, 6) is 5.89. The van der Waals surface area contributed by atoms with E-state index in [0.717, 1.165) is 133 Å². The summed E-state index contributed by atoms with van der Waals surface area (Å²) < 4.78 is 50.9. The maximum Gasteiger partial charge on any atom is 0.252 e. The van der Waals surface area contributed by atoms with E-state index in [1.54, 1.807) is 0 Å². The van der Waals surface area contributed by atoms with E-state index in [2.05, 4.69) is 116 Å². The predicted octanol–water partition coefficient (Wildman–Crippen LogP) is 9.38. The van der Waals surface area contributed by atoms with Gasteiger partial charge in [0.05, 0.1) is 64.2 Å². The monoisotopic (exact) mass is 840 g/mol. The van der Waals surface area contributed by atoms with E-state index in [4.69, 9.17) is 37.9 Å². The third-order valence-electron chi connectivity index (χ3n) is 12.9. The summed E-state index contributed by atoms with van der Waals surface area (Å²) in [7, 11) is 0. The molecule has 0 aromatic heterocycles. The number of ether oxygens (including phenoxy) is 8. The Morgan fingerprint density at radius 3 is 1.17 bits per heavy atom. The molecule has 0 atom stereocenters. The van der Waals surface area contributed by atoms with Gasteiger partial charge < -0.3 is 47.7 Å². The molecule has 63 heavy (non-hydrogen) atoms. The van der Waals surface area contributed by atoms with Crippen LogP contribution < -0.4 is 64.1 Å². The molecule has 11 heteroatoms. The molecule has 6 aromatic carbocycles. The second-order valence-corrected chi connectivity index (χ2v) is 18.0. The van der Waals surface area contributed by atoms with Crippen molar-refractivity contribution in [2.45, 2.75) is 51.9 Å². The van der Waals surface area contributed by atoms with Gasteiger partial charge in [0.1, 0.15) is 0 Å². The first-order chi connectivity index (χ1) is 30.9. The van der Waals surface area contributed by atoms with Crippen LogP contribution in [0.5, 0.6) is 46.0 Å². The minimum Gasteiger partial charge on any atom is -0.490 e. The first kappa shape index (κ1) is 38.1. The Morgan fingerprint density at radius 1 is 0.381 bits per heavy atom. The Hall–Kier alpha value is -6.62. The van der Waals surface area contributed by atoms with Crippen molar-refractivity contribution in [3.8, 4) is 57.1 Å². The average Bonchev–Trinajstić information content (AvgIpc) is 3.87. The van der Waals surface area contributed by atoms with Gasteiger partial charge >= 0.3 is 0 Å². The van der Waals surface area contributed by atoms with E-state index >= 15 is 0 Å². The van der Waals surface area contributed by atoms with Crippen molar-refractivity contribution >= 4 is 57.2 Å². The van der Waals surface area contributed by atoms with Gasteiger partial charge in [-0.25, -0.2) is 0 Å². The maximum absolute atomic E-state index is 6.47. The van der Waals surface area contributed by atoms with E-state index < -0.39 is 0 Å². The zero-order chi connectivity index (χ0) is 42.2. The van der Waals surface area contributed by atoms with Gasteiger partial charge in [-0.15, -0.1) is 0 Å². The summed E-state index contributed by atoms with van der Waals surface area (Å²) in [6, 6.07) is 35.1. The van der Waals surface area contributed by atoms with E-state index in [-0.39, 0.29) is 12.1 Å². The summed E-state index contributed by atoms with van der Waals surface area (Å²) in [5, 5.41) is 0. The van der Waals surface area contributed by atoms with Gasteiger partial charge in [0.2, 0.25) is 0 Å². The quantitative estimate of drug-likeness (QED) is 0.161. The smallest absolute Gasteiger partial charge is 0.252 e. The van der Waals surface area contributed by atoms with Crippen LogP contribution in [0.4, 0.5) is 34.1 Å². The Balaban J connectivity index is 1.17. The highest BCUT2D eigenvalue weighted by molar-refractivity contribution is 7.00. The van der Waals surface area contributed by atoms with Gasteiger partial charge in [-0.1, -0.05) is 45.0 Å². The fourth-order valence-corrected chi connectivity index (χ4v) is 9.77. The molecule has 0 fully saturated rings. The van der Waals surface area contributed by atoms with Crippen molar-refractivity contribution in [2.75, 3.05) is 62.7 Å². The van der Waals surface area contributed by atoms with Crippen LogP contribution in [0.25, 0.3) is 11.1 Å². The van der Waals surface area contributed by atoms with Crippen LogP contribution in [0.15, 0.2) is 97.1 Å². The number of fused-ring (bicyclic) bond motifs is 8. The third kappa shape index (κ3) is 6.54. The zero-order valence-electron chi connectivity index (χ0n) is 36.0. The van der Waals surface area contributed by atoms with Crippen molar-refractivity contribution in [1.82, 2.24) is 0 Å². The predicted molar refractivity (Wildman–Crippen MR) is 247 cm³/mol. The summed E-state index contributed by atoms with van der Waals surface area (Å²) in [5.41, 5.74) is 12.8. The number of anilines is 6. The Labute approximate surface area is 368 Å². The fourth-order valence-electron chi connectivity index (χ4n) is 9.77. The molecule has 0 amide bonds. The molecule has 6 aromatic rings. The number of nitrogens with zero attached hydrogens (tertiary/aromatic N) is 2. The molecule has 0 saturated carbocycles. The lowest BCUT2D eigenvalue weighted by Gasteiger charge is -2.44. The van der Waals surface area contributed by atoms with Crippen molar-refractivity contribution in [2.24, 2.45) is 0 Å². The zero-order valence-corrected chi connectivity index (χ0v) is 36.0. The molecule has 0 radical (unpaired) electrons. The fraction of sp³-hybridized carbons (Fsp3) is 0.308. The number of hydrogen-bond donors (Lipinski definition) is 0. The number of rotatable bonds is 3. The van der Waals surface area contributed by atoms with Crippen molar-refractivity contribution in [3.05, 3.63) is 103 Å². The molecule has 0 bridgehead atoms. The first-order valence-electron chi connectivity index (χ1n) is 22.4. The van der Waals surface area contributed by atoms with E-state index in [1.807, 2.05) is 12.1 Å². The number of benzene rings is 6. The van der Waals surface area contributed by atoms with Gasteiger partial charge in [0, 0.05) is 72.7 Å². The lowest BCUT2D eigenvalue weighted by Crippen LogP contribution is -2.61.